The van der Waals surface area contributed by atoms with E-state index in [1.165, 1.54) is 0 Å². The average molecular weight is 162 g/mol. The van der Waals surface area contributed by atoms with E-state index >= 15 is 0 Å². The predicted octanol–water partition coefficient (Wildman–Crippen LogP) is -5.00. The summed E-state index contributed by atoms with van der Waals surface area (Å²) in [5, 5.41) is 0. The molecule has 0 aromatic rings. The summed E-state index contributed by atoms with van der Waals surface area (Å²) in [4.78, 5) is 0. The first-order chi connectivity index (χ1) is 3.56. The normalized spacial score (nSPS) is 10.4. The van der Waals surface area contributed by atoms with Crippen LogP contribution in [0, 0.1) is 0 Å². The number of hydrogen-bond donors (Lipinski definition) is 2. The minimum absolute atomic E-state index is 0. The molecule has 0 radical (unpaired) electrons. The van der Waals surface area contributed by atoms with Gasteiger partial charge in [0.25, 0.3) is 0 Å². The Morgan fingerprint density at radius 3 is 2.11 bits per heavy atom. The number of nitrogens with one attached hydrogen (secondary N) is 1. The molecule has 0 saturated carbocycles. The largest absolute Gasteiger partial charge is 1.00 e. The second kappa shape index (κ2) is 5.60. The Hall–Kier alpha value is 0.830. The van der Waals surface area contributed by atoms with Gasteiger partial charge in [-0.3, -0.25) is 0 Å². The predicted molar refractivity (Wildman–Crippen MR) is 26.8 cm³/mol. The van der Waals surface area contributed by atoms with Gasteiger partial charge in [0.2, 0.25) is 0 Å². The van der Waals surface area contributed by atoms with E-state index in [4.69, 9.17) is 5.73 Å². The van der Waals surface area contributed by atoms with Crippen molar-refractivity contribution in [1.29, 1.82) is 0 Å². The Morgan fingerprint density at radius 1 is 1.56 bits per heavy atom. The standard InChI is InChI=1S/C2H8N2O3S.Na/c3-1-2-4-8(5,6)7;/h4H,1-3H2,(H,5,6,7);/q;+1/p-1. The van der Waals surface area contributed by atoms with Crippen molar-refractivity contribution in [3.05, 3.63) is 0 Å². The van der Waals surface area contributed by atoms with Crippen LogP contribution in [0.4, 0.5) is 0 Å². The van der Waals surface area contributed by atoms with Crippen LogP contribution in [0.1, 0.15) is 0 Å². The van der Waals surface area contributed by atoms with Crippen LogP contribution in [0.3, 0.4) is 0 Å². The summed E-state index contributed by atoms with van der Waals surface area (Å²) in [7, 11) is -4.27. The molecule has 0 spiro atoms. The zero-order valence-corrected chi connectivity index (χ0v) is 7.94. The van der Waals surface area contributed by atoms with E-state index in [1.807, 2.05) is 0 Å². The quantitative estimate of drug-likeness (QED) is 0.321. The molecule has 0 rings (SSSR count). The molecule has 0 aromatic heterocycles. The SMILES string of the molecule is NCCNS(=O)(=O)[O-].[Na+]. The van der Waals surface area contributed by atoms with Gasteiger partial charge in [0.05, 0.1) is 0 Å². The molecule has 5 nitrogen and oxygen atoms in total. The van der Waals surface area contributed by atoms with Crippen LogP contribution in [-0.2, 0) is 10.3 Å². The van der Waals surface area contributed by atoms with Gasteiger partial charge < -0.3 is 10.3 Å². The van der Waals surface area contributed by atoms with Crippen molar-refractivity contribution in [2.45, 2.75) is 0 Å². The fourth-order valence-electron chi connectivity index (χ4n) is 0.184. The molecular weight excluding hydrogens is 155 g/mol. The third-order valence-electron chi connectivity index (χ3n) is 0.423. The molecule has 50 valence electrons. The Morgan fingerprint density at radius 2 is 2.00 bits per heavy atom. The van der Waals surface area contributed by atoms with Crippen LogP contribution >= 0.6 is 0 Å². The fourth-order valence-corrected chi connectivity index (χ4v) is 0.552. The summed E-state index contributed by atoms with van der Waals surface area (Å²) >= 11 is 0. The van der Waals surface area contributed by atoms with Crippen molar-refractivity contribution in [1.82, 2.24) is 4.72 Å². The van der Waals surface area contributed by atoms with Crippen molar-refractivity contribution < 1.29 is 42.5 Å². The summed E-state index contributed by atoms with van der Waals surface area (Å²) < 4.78 is 30.7. The number of rotatable bonds is 3. The molecule has 0 aliphatic heterocycles. The first-order valence-electron chi connectivity index (χ1n) is 1.97. The summed E-state index contributed by atoms with van der Waals surface area (Å²) in [5.41, 5.74) is 4.87. The molecule has 0 aliphatic rings. The summed E-state index contributed by atoms with van der Waals surface area (Å²) in [5.74, 6) is 0. The van der Waals surface area contributed by atoms with E-state index < -0.39 is 10.3 Å². The van der Waals surface area contributed by atoms with Crippen molar-refractivity contribution >= 4 is 10.3 Å². The van der Waals surface area contributed by atoms with E-state index in [-0.39, 0.29) is 42.6 Å². The molecule has 0 fully saturated rings. The summed E-state index contributed by atoms with van der Waals surface area (Å²) in [6.45, 7) is 0.146. The van der Waals surface area contributed by atoms with Gasteiger partial charge in [-0.25, -0.2) is 13.1 Å². The van der Waals surface area contributed by atoms with E-state index in [9.17, 15) is 13.0 Å². The van der Waals surface area contributed by atoms with E-state index in [0.29, 0.717) is 0 Å². The minimum atomic E-state index is -4.27. The Kier molecular flexibility index (Phi) is 7.78. The zero-order chi connectivity index (χ0) is 6.62. The molecule has 0 unspecified atom stereocenters. The molecular formula is C2H7N2NaO3S. The molecule has 0 saturated heterocycles. The van der Waals surface area contributed by atoms with Gasteiger partial charge in [0, 0.05) is 13.1 Å². The van der Waals surface area contributed by atoms with Crippen LogP contribution in [0.2, 0.25) is 0 Å². The molecule has 9 heavy (non-hydrogen) atoms. The van der Waals surface area contributed by atoms with Gasteiger partial charge in [-0.15, -0.1) is 0 Å². The molecule has 0 heterocycles. The van der Waals surface area contributed by atoms with Gasteiger partial charge in [-0.05, 0) is 0 Å². The van der Waals surface area contributed by atoms with Crippen LogP contribution in [0.15, 0.2) is 0 Å². The Balaban J connectivity index is 0. The maximum atomic E-state index is 9.67. The van der Waals surface area contributed by atoms with Gasteiger partial charge >= 0.3 is 29.6 Å². The Bertz CT molecular complexity index is 144. The van der Waals surface area contributed by atoms with Gasteiger partial charge in [-0.1, -0.05) is 0 Å². The van der Waals surface area contributed by atoms with Crippen LogP contribution < -0.4 is 40.0 Å². The topological polar surface area (TPSA) is 95.2 Å². The molecule has 0 bridgehead atoms. The van der Waals surface area contributed by atoms with Crippen molar-refractivity contribution in [3.63, 3.8) is 0 Å². The maximum Gasteiger partial charge on any atom is 1.00 e. The van der Waals surface area contributed by atoms with Crippen LogP contribution in [0.25, 0.3) is 0 Å². The van der Waals surface area contributed by atoms with E-state index in [1.54, 1.807) is 4.72 Å². The first-order valence-corrected chi connectivity index (χ1v) is 3.37. The van der Waals surface area contributed by atoms with Crippen molar-refractivity contribution in [3.8, 4) is 0 Å². The molecule has 0 aliphatic carbocycles. The third kappa shape index (κ3) is 12.1. The maximum absolute atomic E-state index is 9.67. The Labute approximate surface area is 76.2 Å². The molecule has 0 aromatic carbocycles. The first kappa shape index (κ1) is 12.5. The fraction of sp³-hybridized carbons (Fsp3) is 1.00. The molecule has 0 atom stereocenters. The van der Waals surface area contributed by atoms with Crippen LogP contribution in [0.5, 0.6) is 0 Å². The van der Waals surface area contributed by atoms with Crippen molar-refractivity contribution in [2.24, 2.45) is 5.73 Å². The van der Waals surface area contributed by atoms with Crippen LogP contribution in [-0.4, -0.2) is 26.1 Å². The van der Waals surface area contributed by atoms with Gasteiger partial charge in [0.1, 0.15) is 0 Å². The monoisotopic (exact) mass is 162 g/mol. The van der Waals surface area contributed by atoms with E-state index in [2.05, 4.69) is 0 Å². The molecule has 0 amide bonds. The van der Waals surface area contributed by atoms with Crippen molar-refractivity contribution in [2.75, 3.05) is 13.1 Å². The van der Waals surface area contributed by atoms with Gasteiger partial charge in [0.15, 0.2) is 10.3 Å². The zero-order valence-electron chi connectivity index (χ0n) is 5.12. The molecule has 7 heteroatoms. The summed E-state index contributed by atoms with van der Waals surface area (Å²) in [6, 6.07) is 0. The number of hydrogen-bond acceptors (Lipinski definition) is 4. The average Bonchev–Trinajstić information content (AvgIpc) is 1.59. The molecule has 3 N–H and O–H groups in total. The smallest absolute Gasteiger partial charge is 0.735 e. The number of nitrogens with two attached hydrogens (primary N) is 1. The van der Waals surface area contributed by atoms with Gasteiger partial charge in [-0.2, -0.15) is 0 Å². The second-order valence-electron chi connectivity index (χ2n) is 1.14. The second-order valence-corrected chi connectivity index (χ2v) is 2.33. The minimum Gasteiger partial charge on any atom is -0.735 e. The third-order valence-corrected chi connectivity index (χ3v) is 0.981. The van der Waals surface area contributed by atoms with E-state index in [0.717, 1.165) is 0 Å². The summed E-state index contributed by atoms with van der Waals surface area (Å²) in [6.07, 6.45) is 0.